The molecule has 1 aliphatic rings. The second-order valence-electron chi connectivity index (χ2n) is 6.69. The van der Waals surface area contributed by atoms with E-state index in [1.807, 2.05) is 18.2 Å². The van der Waals surface area contributed by atoms with Crippen LogP contribution in [0, 0.1) is 0 Å². The van der Waals surface area contributed by atoms with E-state index >= 15 is 0 Å². The largest absolute Gasteiger partial charge is 0.435 e. The van der Waals surface area contributed by atoms with Gasteiger partial charge >= 0.3 is 6.18 Å². The molecule has 28 heavy (non-hydrogen) atoms. The zero-order chi connectivity index (χ0) is 20.1. The van der Waals surface area contributed by atoms with Gasteiger partial charge in [0.15, 0.2) is 11.7 Å². The Kier molecular flexibility index (Phi) is 6.05. The number of hydrogen-bond acceptors (Lipinski definition) is 4. The molecule has 1 saturated heterocycles. The van der Waals surface area contributed by atoms with Gasteiger partial charge in [-0.1, -0.05) is 6.07 Å². The van der Waals surface area contributed by atoms with Crippen molar-refractivity contribution >= 4 is 11.8 Å². The number of aliphatic imine (C=N–C) groups is 1. The molecular formula is C18H24F3N7. The highest BCUT2D eigenvalue weighted by atomic mass is 19.4. The SMILES string of the molecule is CN=C(NCc1cn(C)nc1C(F)(F)F)NC1CCN(c2ccccn2)CC1. The molecule has 2 N–H and O–H groups in total. The lowest BCUT2D eigenvalue weighted by molar-refractivity contribution is -0.142. The second kappa shape index (κ2) is 8.49. The number of hydrogen-bond donors (Lipinski definition) is 2. The van der Waals surface area contributed by atoms with Crippen LogP contribution >= 0.6 is 0 Å². The number of aromatic nitrogens is 3. The van der Waals surface area contributed by atoms with Gasteiger partial charge in [0.05, 0.1) is 0 Å². The standard InChI is InChI=1S/C18H24F3N7/c1-22-17(24-11-13-12-27(2)26-16(13)18(19,20)21)25-14-6-9-28(10-7-14)15-5-3-4-8-23-15/h3-5,8,12,14H,6-7,9-11H2,1-2H3,(H2,22,24,25). The van der Waals surface area contributed by atoms with E-state index in [0.29, 0.717) is 5.96 Å². The minimum atomic E-state index is -4.48. The predicted molar refractivity (Wildman–Crippen MR) is 101 cm³/mol. The number of piperidine rings is 1. The van der Waals surface area contributed by atoms with Gasteiger partial charge in [-0.3, -0.25) is 9.67 Å². The molecule has 0 radical (unpaired) electrons. The minimum absolute atomic E-state index is 0.00482. The number of guanidine groups is 1. The molecule has 0 aromatic carbocycles. The summed E-state index contributed by atoms with van der Waals surface area (Å²) < 4.78 is 40.3. The third-order valence-corrected chi connectivity index (χ3v) is 4.65. The minimum Gasteiger partial charge on any atom is -0.356 e. The predicted octanol–water partition coefficient (Wildman–Crippen LogP) is 2.17. The highest BCUT2D eigenvalue weighted by Gasteiger charge is 2.36. The molecule has 3 heterocycles. The van der Waals surface area contributed by atoms with Crippen LogP contribution in [0.25, 0.3) is 0 Å². The van der Waals surface area contributed by atoms with Crippen LogP contribution < -0.4 is 15.5 Å². The lowest BCUT2D eigenvalue weighted by atomic mass is 10.1. The number of alkyl halides is 3. The molecule has 7 nitrogen and oxygen atoms in total. The first-order valence-corrected chi connectivity index (χ1v) is 9.09. The van der Waals surface area contributed by atoms with Crippen molar-refractivity contribution in [1.82, 2.24) is 25.4 Å². The first-order valence-electron chi connectivity index (χ1n) is 9.09. The van der Waals surface area contributed by atoms with Crippen LogP contribution in [-0.2, 0) is 19.8 Å². The molecule has 0 bridgehead atoms. The zero-order valence-electron chi connectivity index (χ0n) is 15.9. The van der Waals surface area contributed by atoms with Gasteiger partial charge in [-0.2, -0.15) is 18.3 Å². The number of nitrogens with one attached hydrogen (secondary N) is 2. The molecule has 0 saturated carbocycles. The summed E-state index contributed by atoms with van der Waals surface area (Å²) in [5.74, 6) is 1.44. The summed E-state index contributed by atoms with van der Waals surface area (Å²) in [5, 5.41) is 9.78. The summed E-state index contributed by atoms with van der Waals surface area (Å²) in [6, 6.07) is 6.04. The van der Waals surface area contributed by atoms with Crippen LogP contribution in [0.2, 0.25) is 0 Å². The Morgan fingerprint density at radius 1 is 1.29 bits per heavy atom. The first-order chi connectivity index (χ1) is 13.4. The fourth-order valence-electron chi connectivity index (χ4n) is 3.27. The van der Waals surface area contributed by atoms with Crippen molar-refractivity contribution in [3.05, 3.63) is 41.9 Å². The molecular weight excluding hydrogens is 371 g/mol. The van der Waals surface area contributed by atoms with Gasteiger partial charge in [-0.25, -0.2) is 4.98 Å². The van der Waals surface area contributed by atoms with Gasteiger partial charge < -0.3 is 15.5 Å². The highest BCUT2D eigenvalue weighted by Crippen LogP contribution is 2.30. The van der Waals surface area contributed by atoms with Crippen LogP contribution in [0.3, 0.4) is 0 Å². The van der Waals surface area contributed by atoms with E-state index in [4.69, 9.17) is 0 Å². The van der Waals surface area contributed by atoms with Crippen molar-refractivity contribution in [2.24, 2.45) is 12.0 Å². The van der Waals surface area contributed by atoms with Crippen molar-refractivity contribution in [3.8, 4) is 0 Å². The summed E-state index contributed by atoms with van der Waals surface area (Å²) in [4.78, 5) is 10.7. The summed E-state index contributed by atoms with van der Waals surface area (Å²) in [6.45, 7) is 1.70. The van der Waals surface area contributed by atoms with Crippen molar-refractivity contribution in [2.75, 3.05) is 25.0 Å². The van der Waals surface area contributed by atoms with Crippen molar-refractivity contribution in [3.63, 3.8) is 0 Å². The highest BCUT2D eigenvalue weighted by molar-refractivity contribution is 5.80. The molecule has 0 spiro atoms. The lowest BCUT2D eigenvalue weighted by Gasteiger charge is -2.33. The van der Waals surface area contributed by atoms with E-state index in [1.54, 1.807) is 13.2 Å². The Hall–Kier alpha value is -2.78. The van der Waals surface area contributed by atoms with Gasteiger partial charge in [-0.05, 0) is 25.0 Å². The van der Waals surface area contributed by atoms with Gasteiger partial charge in [0, 0.05) is 57.7 Å². The maximum absolute atomic E-state index is 13.1. The molecule has 0 atom stereocenters. The number of nitrogens with zero attached hydrogens (tertiary/aromatic N) is 5. The van der Waals surface area contributed by atoms with Crippen LogP contribution in [0.4, 0.5) is 19.0 Å². The van der Waals surface area contributed by atoms with Gasteiger partial charge in [-0.15, -0.1) is 0 Å². The maximum Gasteiger partial charge on any atom is 0.435 e. The fourth-order valence-corrected chi connectivity index (χ4v) is 3.27. The third kappa shape index (κ3) is 4.93. The molecule has 152 valence electrons. The van der Waals surface area contributed by atoms with E-state index in [2.05, 4.69) is 30.6 Å². The molecule has 0 aliphatic carbocycles. The topological polar surface area (TPSA) is 70.4 Å². The van der Waals surface area contributed by atoms with Gasteiger partial charge in [0.2, 0.25) is 0 Å². The maximum atomic E-state index is 13.1. The molecule has 2 aromatic heterocycles. The molecule has 2 aromatic rings. The average molecular weight is 395 g/mol. The van der Waals surface area contributed by atoms with Crippen LogP contribution in [-0.4, -0.2) is 46.9 Å². The van der Waals surface area contributed by atoms with E-state index in [9.17, 15) is 13.2 Å². The smallest absolute Gasteiger partial charge is 0.356 e. The van der Waals surface area contributed by atoms with E-state index < -0.39 is 11.9 Å². The Morgan fingerprint density at radius 3 is 2.64 bits per heavy atom. The van der Waals surface area contributed by atoms with E-state index in [0.717, 1.165) is 31.7 Å². The van der Waals surface area contributed by atoms with Crippen LogP contribution in [0.15, 0.2) is 35.6 Å². The number of pyridine rings is 1. The lowest BCUT2D eigenvalue weighted by Crippen LogP contribution is -2.48. The number of halogens is 3. The Balaban J connectivity index is 1.52. The normalized spacial score (nSPS) is 16.3. The number of aryl methyl sites for hydroxylation is 1. The van der Waals surface area contributed by atoms with Crippen molar-refractivity contribution in [1.29, 1.82) is 0 Å². The molecule has 1 aliphatic heterocycles. The average Bonchev–Trinajstić information content (AvgIpc) is 3.07. The Labute approximate surface area is 161 Å². The third-order valence-electron chi connectivity index (χ3n) is 4.65. The number of anilines is 1. The van der Waals surface area contributed by atoms with Crippen molar-refractivity contribution < 1.29 is 13.2 Å². The molecule has 3 rings (SSSR count). The van der Waals surface area contributed by atoms with E-state index in [1.165, 1.54) is 17.9 Å². The first kappa shape index (κ1) is 20.0. The Bertz CT molecular complexity index is 793. The van der Waals surface area contributed by atoms with Crippen molar-refractivity contribution in [2.45, 2.75) is 31.6 Å². The van der Waals surface area contributed by atoms with Crippen LogP contribution in [0.1, 0.15) is 24.1 Å². The summed E-state index contributed by atoms with van der Waals surface area (Å²) in [6.07, 6.45) is 0.441. The fraction of sp³-hybridized carbons (Fsp3) is 0.500. The van der Waals surface area contributed by atoms with E-state index in [-0.39, 0.29) is 18.2 Å². The second-order valence-corrected chi connectivity index (χ2v) is 6.69. The Morgan fingerprint density at radius 2 is 2.04 bits per heavy atom. The zero-order valence-corrected chi connectivity index (χ0v) is 15.9. The monoisotopic (exact) mass is 395 g/mol. The molecule has 1 fully saturated rings. The molecule has 0 unspecified atom stereocenters. The molecule has 0 amide bonds. The number of rotatable bonds is 4. The van der Waals surface area contributed by atoms with Gasteiger partial charge in [0.25, 0.3) is 0 Å². The van der Waals surface area contributed by atoms with Gasteiger partial charge in [0.1, 0.15) is 5.82 Å². The van der Waals surface area contributed by atoms with Crippen LogP contribution in [0.5, 0.6) is 0 Å². The quantitative estimate of drug-likeness (QED) is 0.613. The summed E-state index contributed by atoms with van der Waals surface area (Å²) in [7, 11) is 3.08. The summed E-state index contributed by atoms with van der Waals surface area (Å²) >= 11 is 0. The summed E-state index contributed by atoms with van der Waals surface area (Å²) in [5.41, 5.74) is -0.787. The molecule has 10 heteroatoms.